The molecule has 1 saturated heterocycles. The summed E-state index contributed by atoms with van der Waals surface area (Å²) in [4.78, 5) is 11.3. The van der Waals surface area contributed by atoms with E-state index >= 15 is 0 Å². The van der Waals surface area contributed by atoms with E-state index in [1.807, 2.05) is 25.1 Å². The molecule has 1 aromatic rings. The van der Waals surface area contributed by atoms with Crippen molar-refractivity contribution < 1.29 is 14.3 Å². The molecule has 1 fully saturated rings. The Hall–Kier alpha value is -1.71. The number of hydrogen-bond donors (Lipinski definition) is 1. The summed E-state index contributed by atoms with van der Waals surface area (Å²) in [6.07, 6.45) is 0.866. The number of ether oxygens (including phenoxy) is 2. The molecule has 0 aromatic heterocycles. The number of hydrogen-bond acceptors (Lipinski definition) is 3. The summed E-state index contributed by atoms with van der Waals surface area (Å²) in [5.74, 6) is 1.79. The van der Waals surface area contributed by atoms with Gasteiger partial charge in [-0.1, -0.05) is 13.0 Å². The smallest absolute Gasteiger partial charge is 0.231 e. The van der Waals surface area contributed by atoms with Crippen molar-refractivity contribution in [3.63, 3.8) is 0 Å². The van der Waals surface area contributed by atoms with Crippen molar-refractivity contribution in [3.8, 4) is 11.5 Å². The second-order valence-electron chi connectivity index (χ2n) is 4.11. The molecule has 0 aliphatic carbocycles. The molecule has 1 N–H and O–H groups in total. The SMILES string of the molecule is CCC1C(=O)NC1c1ccc2c(c1)OCO2. The van der Waals surface area contributed by atoms with Crippen molar-refractivity contribution in [1.29, 1.82) is 0 Å². The summed E-state index contributed by atoms with van der Waals surface area (Å²) in [5, 5.41) is 2.92. The molecule has 84 valence electrons. The first-order valence-electron chi connectivity index (χ1n) is 5.49. The van der Waals surface area contributed by atoms with Crippen LogP contribution < -0.4 is 14.8 Å². The molecular weight excluding hydrogens is 206 g/mol. The highest BCUT2D eigenvalue weighted by atomic mass is 16.7. The van der Waals surface area contributed by atoms with Gasteiger partial charge in [-0.3, -0.25) is 4.79 Å². The highest BCUT2D eigenvalue weighted by Crippen LogP contribution is 2.39. The van der Waals surface area contributed by atoms with E-state index in [1.165, 1.54) is 0 Å². The van der Waals surface area contributed by atoms with Crippen LogP contribution in [0.4, 0.5) is 0 Å². The summed E-state index contributed by atoms with van der Waals surface area (Å²) in [6.45, 7) is 2.32. The Balaban J connectivity index is 1.88. The maximum atomic E-state index is 11.3. The minimum Gasteiger partial charge on any atom is -0.454 e. The molecule has 4 heteroatoms. The molecule has 0 saturated carbocycles. The number of benzene rings is 1. The fourth-order valence-electron chi connectivity index (χ4n) is 2.26. The zero-order valence-electron chi connectivity index (χ0n) is 9.03. The van der Waals surface area contributed by atoms with Crippen LogP contribution in [0.1, 0.15) is 24.9 Å². The largest absolute Gasteiger partial charge is 0.454 e. The van der Waals surface area contributed by atoms with Crippen LogP contribution in [0.5, 0.6) is 11.5 Å². The Kier molecular flexibility index (Phi) is 2.02. The van der Waals surface area contributed by atoms with Gasteiger partial charge in [-0.05, 0) is 24.1 Å². The molecule has 4 nitrogen and oxygen atoms in total. The summed E-state index contributed by atoms with van der Waals surface area (Å²) < 4.78 is 10.6. The summed E-state index contributed by atoms with van der Waals surface area (Å²) in [7, 11) is 0. The number of nitrogens with one attached hydrogen (secondary N) is 1. The predicted molar refractivity (Wildman–Crippen MR) is 57.2 cm³/mol. The first-order chi connectivity index (χ1) is 7.79. The Morgan fingerprint density at radius 3 is 2.94 bits per heavy atom. The van der Waals surface area contributed by atoms with Gasteiger partial charge >= 0.3 is 0 Å². The molecule has 2 atom stereocenters. The highest BCUT2D eigenvalue weighted by molar-refractivity contribution is 5.86. The summed E-state index contributed by atoms with van der Waals surface area (Å²) in [6, 6.07) is 5.97. The number of rotatable bonds is 2. The van der Waals surface area contributed by atoms with Crippen molar-refractivity contribution in [2.24, 2.45) is 5.92 Å². The van der Waals surface area contributed by atoms with Gasteiger partial charge in [0.05, 0.1) is 12.0 Å². The maximum absolute atomic E-state index is 11.3. The summed E-state index contributed by atoms with van der Waals surface area (Å²) >= 11 is 0. The molecule has 16 heavy (non-hydrogen) atoms. The molecule has 2 aliphatic rings. The van der Waals surface area contributed by atoms with E-state index in [2.05, 4.69) is 5.32 Å². The number of carbonyl (C=O) groups is 1. The third kappa shape index (κ3) is 1.26. The molecule has 2 aliphatic heterocycles. The van der Waals surface area contributed by atoms with Gasteiger partial charge in [0.1, 0.15) is 0 Å². The van der Waals surface area contributed by atoms with Gasteiger partial charge in [-0.2, -0.15) is 0 Å². The number of β-lactam (4-membered cyclic amide) rings is 1. The minimum absolute atomic E-state index is 0.0976. The Labute approximate surface area is 93.5 Å². The first-order valence-corrected chi connectivity index (χ1v) is 5.49. The van der Waals surface area contributed by atoms with Gasteiger partial charge in [-0.25, -0.2) is 0 Å². The maximum Gasteiger partial charge on any atom is 0.231 e. The number of amides is 1. The topological polar surface area (TPSA) is 47.6 Å². The molecule has 1 aromatic carbocycles. The molecule has 0 radical (unpaired) electrons. The van der Waals surface area contributed by atoms with E-state index in [0.717, 1.165) is 23.5 Å². The number of fused-ring (bicyclic) bond motifs is 1. The predicted octanol–water partition coefficient (Wildman–Crippen LogP) is 1.61. The fraction of sp³-hybridized carbons (Fsp3) is 0.417. The first kappa shape index (κ1) is 9.51. The molecule has 0 bridgehead atoms. The normalized spacial score (nSPS) is 26.2. The third-order valence-electron chi connectivity index (χ3n) is 3.23. The van der Waals surface area contributed by atoms with Crippen LogP contribution in [0.15, 0.2) is 18.2 Å². The lowest BCUT2D eigenvalue weighted by Crippen LogP contribution is -2.51. The van der Waals surface area contributed by atoms with Crippen molar-refractivity contribution in [3.05, 3.63) is 23.8 Å². The van der Waals surface area contributed by atoms with Crippen LogP contribution in [0.25, 0.3) is 0 Å². The fourth-order valence-corrected chi connectivity index (χ4v) is 2.26. The van der Waals surface area contributed by atoms with Crippen LogP contribution in [-0.2, 0) is 4.79 Å². The lowest BCUT2D eigenvalue weighted by atomic mass is 9.83. The van der Waals surface area contributed by atoms with E-state index < -0.39 is 0 Å². The van der Waals surface area contributed by atoms with Gasteiger partial charge in [-0.15, -0.1) is 0 Å². The quantitative estimate of drug-likeness (QED) is 0.769. The Bertz CT molecular complexity index is 444. The zero-order valence-corrected chi connectivity index (χ0v) is 9.03. The van der Waals surface area contributed by atoms with Crippen molar-refractivity contribution in [2.75, 3.05) is 6.79 Å². The van der Waals surface area contributed by atoms with Crippen molar-refractivity contribution in [2.45, 2.75) is 19.4 Å². The van der Waals surface area contributed by atoms with E-state index in [9.17, 15) is 4.79 Å². The molecule has 3 rings (SSSR count). The minimum atomic E-state index is 0.0976. The van der Waals surface area contributed by atoms with Crippen molar-refractivity contribution in [1.82, 2.24) is 5.32 Å². The van der Waals surface area contributed by atoms with Gasteiger partial charge < -0.3 is 14.8 Å². The van der Waals surface area contributed by atoms with E-state index in [1.54, 1.807) is 0 Å². The van der Waals surface area contributed by atoms with E-state index in [-0.39, 0.29) is 24.7 Å². The van der Waals surface area contributed by atoms with Crippen LogP contribution in [0, 0.1) is 5.92 Å². The Morgan fingerprint density at radius 2 is 2.19 bits per heavy atom. The lowest BCUT2D eigenvalue weighted by molar-refractivity contribution is -0.135. The van der Waals surface area contributed by atoms with Crippen LogP contribution >= 0.6 is 0 Å². The second kappa shape index (κ2) is 3.40. The molecule has 1 amide bonds. The molecule has 2 heterocycles. The van der Waals surface area contributed by atoms with Crippen LogP contribution in [-0.4, -0.2) is 12.7 Å². The Morgan fingerprint density at radius 1 is 1.38 bits per heavy atom. The standard InChI is InChI=1S/C12H13NO3/c1-2-8-11(13-12(8)14)7-3-4-9-10(5-7)16-6-15-9/h3-5,8,11H,2,6H2,1H3,(H,13,14). The average Bonchev–Trinajstić information content (AvgIpc) is 2.73. The van der Waals surface area contributed by atoms with Crippen LogP contribution in [0.2, 0.25) is 0 Å². The lowest BCUT2D eigenvalue weighted by Gasteiger charge is -2.36. The molecule has 2 unspecified atom stereocenters. The highest BCUT2D eigenvalue weighted by Gasteiger charge is 2.39. The van der Waals surface area contributed by atoms with Crippen LogP contribution in [0.3, 0.4) is 0 Å². The number of carbonyl (C=O) groups excluding carboxylic acids is 1. The van der Waals surface area contributed by atoms with Gasteiger partial charge in [0, 0.05) is 0 Å². The molecular formula is C12H13NO3. The molecule has 0 spiro atoms. The third-order valence-corrected chi connectivity index (χ3v) is 3.23. The van der Waals surface area contributed by atoms with Crippen molar-refractivity contribution >= 4 is 5.91 Å². The zero-order chi connectivity index (χ0) is 11.1. The summed E-state index contributed by atoms with van der Waals surface area (Å²) in [5.41, 5.74) is 1.09. The second-order valence-corrected chi connectivity index (χ2v) is 4.11. The average molecular weight is 219 g/mol. The van der Waals surface area contributed by atoms with Gasteiger partial charge in [0.25, 0.3) is 0 Å². The van der Waals surface area contributed by atoms with Gasteiger partial charge in [0.15, 0.2) is 11.5 Å². The van der Waals surface area contributed by atoms with Gasteiger partial charge in [0.2, 0.25) is 12.7 Å². The van der Waals surface area contributed by atoms with E-state index in [0.29, 0.717) is 0 Å². The van der Waals surface area contributed by atoms with E-state index in [4.69, 9.17) is 9.47 Å². The monoisotopic (exact) mass is 219 g/mol.